The number of ether oxygens (including phenoxy) is 1. The first-order valence-electron chi connectivity index (χ1n) is 17.9. The van der Waals surface area contributed by atoms with Gasteiger partial charge < -0.3 is 24.5 Å². The molecule has 3 unspecified atom stereocenters. The van der Waals surface area contributed by atoms with Crippen molar-refractivity contribution in [3.63, 3.8) is 0 Å². The van der Waals surface area contributed by atoms with Crippen LogP contribution in [-0.2, 0) is 4.79 Å². The molecule has 0 radical (unpaired) electrons. The number of halogens is 7. The van der Waals surface area contributed by atoms with E-state index in [4.69, 9.17) is 11.2 Å². The highest BCUT2D eigenvalue weighted by Gasteiger charge is 2.72. The molecule has 1 spiro atoms. The van der Waals surface area contributed by atoms with E-state index >= 15 is 8.78 Å². The highest BCUT2D eigenvalue weighted by atomic mass is 19.4. The van der Waals surface area contributed by atoms with E-state index in [-0.39, 0.29) is 65.6 Å². The van der Waals surface area contributed by atoms with Crippen LogP contribution in [0.2, 0.25) is 0 Å². The van der Waals surface area contributed by atoms with Crippen molar-refractivity contribution in [2.24, 2.45) is 10.8 Å². The van der Waals surface area contributed by atoms with Gasteiger partial charge >= 0.3 is 18.1 Å². The molecule has 4 aromatic rings. The molecule has 1 amide bonds. The standard InChI is InChI=1S/C39H34F7N5O3/c1-2-21-4-3-5-22-12-25(52)13-26(29(21)22)30-28(40)14-27-32(31(30)41)47-35(54-20-36(8-9-36)18-49-11-10-37(19-49)17-38(37,42)43)48-33(27)50-15-23-6-7-24(16-50)51(23)34(53)39(44,45)46/h1,3-5,12-14,23-24,52H,6-11,15-20H2. The Bertz CT molecular complexity index is 2280. The minimum absolute atomic E-state index is 0.0167. The smallest absolute Gasteiger partial charge is 0.471 e. The minimum Gasteiger partial charge on any atom is -0.508 e. The summed E-state index contributed by atoms with van der Waals surface area (Å²) >= 11 is 0. The minimum atomic E-state index is -5.06. The SMILES string of the molecule is C#Cc1cccc2cc(O)cc(-c3c(F)cc4c(N5CC6CCC(C5)N6C(=O)C(F)(F)F)nc(OCC5(CN6CCC7(C6)CC7(F)F)CC5)nc4c3F)c12. The number of rotatable bonds is 7. The number of hydrogen-bond acceptors (Lipinski definition) is 7. The van der Waals surface area contributed by atoms with Crippen LogP contribution >= 0.6 is 0 Å². The molecule has 9 rings (SSSR count). The van der Waals surface area contributed by atoms with Crippen molar-refractivity contribution in [3.05, 3.63) is 53.6 Å². The molecule has 1 N–H and O–H groups in total. The first-order chi connectivity index (χ1) is 25.6. The Morgan fingerprint density at radius 3 is 2.41 bits per heavy atom. The van der Waals surface area contributed by atoms with E-state index in [9.17, 15) is 31.9 Å². The summed E-state index contributed by atoms with van der Waals surface area (Å²) in [7, 11) is 0. The molecule has 8 nitrogen and oxygen atoms in total. The molecule has 5 fully saturated rings. The second-order valence-corrected chi connectivity index (χ2v) is 15.7. The molecule has 3 aliphatic heterocycles. The maximum Gasteiger partial charge on any atom is 0.471 e. The summed E-state index contributed by atoms with van der Waals surface area (Å²) in [4.78, 5) is 25.9. The van der Waals surface area contributed by atoms with Gasteiger partial charge in [-0.15, -0.1) is 6.42 Å². The van der Waals surface area contributed by atoms with E-state index in [1.165, 1.54) is 12.1 Å². The van der Waals surface area contributed by atoms with Crippen LogP contribution in [0, 0.1) is 34.8 Å². The summed E-state index contributed by atoms with van der Waals surface area (Å²) in [5, 5.41) is 11.3. The number of fused-ring (bicyclic) bond motifs is 4. The second kappa shape index (κ2) is 11.8. The van der Waals surface area contributed by atoms with Crippen LogP contribution in [0.3, 0.4) is 0 Å². The number of terminal acetylenes is 1. The first-order valence-corrected chi connectivity index (χ1v) is 17.9. The number of anilines is 1. The summed E-state index contributed by atoms with van der Waals surface area (Å²) in [6.45, 7) is 1.30. The topological polar surface area (TPSA) is 82.0 Å². The number of likely N-dealkylation sites (tertiary alicyclic amines) is 1. The number of carbonyl (C=O) groups excluding carboxylic acids is 1. The number of carbonyl (C=O) groups is 1. The summed E-state index contributed by atoms with van der Waals surface area (Å²) in [5.41, 5.74) is -1.85. The maximum absolute atomic E-state index is 17.0. The largest absolute Gasteiger partial charge is 0.508 e. The Morgan fingerprint density at radius 1 is 1.06 bits per heavy atom. The average Bonchev–Trinajstić information content (AvgIpc) is 3.90. The molecular weight excluding hydrogens is 719 g/mol. The average molecular weight is 754 g/mol. The lowest BCUT2D eigenvalue weighted by Crippen LogP contribution is -2.59. The third kappa shape index (κ3) is 5.58. The Kier molecular flexibility index (Phi) is 7.64. The van der Waals surface area contributed by atoms with E-state index in [0.29, 0.717) is 55.2 Å². The number of benzene rings is 3. The van der Waals surface area contributed by atoms with Gasteiger partial charge in [0.2, 0.25) is 0 Å². The van der Waals surface area contributed by atoms with Crippen LogP contribution in [0.4, 0.5) is 36.6 Å². The molecule has 4 heterocycles. The molecule has 54 heavy (non-hydrogen) atoms. The Hall–Kier alpha value is -4.84. The van der Waals surface area contributed by atoms with Gasteiger partial charge in [-0.25, -0.2) is 17.6 Å². The lowest BCUT2D eigenvalue weighted by molar-refractivity contribution is -0.188. The number of aromatic nitrogens is 2. The molecule has 3 aromatic carbocycles. The maximum atomic E-state index is 17.0. The predicted octanol–water partition coefficient (Wildman–Crippen LogP) is 7.05. The van der Waals surface area contributed by atoms with Gasteiger partial charge in [-0.2, -0.15) is 23.1 Å². The fraction of sp³-hybridized carbons (Fsp3) is 0.462. The van der Waals surface area contributed by atoms with Crippen LogP contribution in [0.1, 0.15) is 44.1 Å². The van der Waals surface area contributed by atoms with Gasteiger partial charge in [-0.05, 0) is 68.3 Å². The number of aromatic hydroxyl groups is 1. The zero-order valence-corrected chi connectivity index (χ0v) is 28.8. The van der Waals surface area contributed by atoms with Crippen LogP contribution in [0.15, 0.2) is 36.4 Å². The molecule has 2 bridgehead atoms. The monoisotopic (exact) mass is 753 g/mol. The van der Waals surface area contributed by atoms with Crippen molar-refractivity contribution < 1.29 is 45.4 Å². The van der Waals surface area contributed by atoms with Gasteiger partial charge in [0.15, 0.2) is 5.82 Å². The highest BCUT2D eigenvalue weighted by molar-refractivity contribution is 6.04. The molecule has 1 aromatic heterocycles. The molecule has 15 heteroatoms. The van der Waals surface area contributed by atoms with E-state index in [0.717, 1.165) is 23.8 Å². The molecule has 2 saturated carbocycles. The van der Waals surface area contributed by atoms with Crippen molar-refractivity contribution in [1.29, 1.82) is 0 Å². The molecule has 2 aliphatic carbocycles. The summed E-state index contributed by atoms with van der Waals surface area (Å²) < 4.78 is 108. The van der Waals surface area contributed by atoms with E-state index < -0.39 is 52.7 Å². The summed E-state index contributed by atoms with van der Waals surface area (Å²) in [5.74, 6) is -4.40. The van der Waals surface area contributed by atoms with E-state index in [2.05, 4.69) is 15.9 Å². The van der Waals surface area contributed by atoms with Crippen molar-refractivity contribution in [2.75, 3.05) is 44.2 Å². The zero-order valence-electron chi connectivity index (χ0n) is 28.8. The van der Waals surface area contributed by atoms with Gasteiger partial charge in [-0.1, -0.05) is 18.1 Å². The number of amides is 1. The fourth-order valence-corrected chi connectivity index (χ4v) is 9.13. The molecule has 3 saturated heterocycles. The summed E-state index contributed by atoms with van der Waals surface area (Å²) in [6, 6.07) is 6.70. The fourth-order valence-electron chi connectivity index (χ4n) is 9.13. The third-order valence-electron chi connectivity index (χ3n) is 12.2. The number of nitrogens with zero attached hydrogens (tertiary/aromatic N) is 5. The van der Waals surface area contributed by atoms with Crippen molar-refractivity contribution >= 4 is 33.4 Å². The highest BCUT2D eigenvalue weighted by Crippen LogP contribution is 2.65. The van der Waals surface area contributed by atoms with E-state index in [1.54, 1.807) is 23.1 Å². The number of piperazine rings is 1. The number of phenolic OH excluding ortho intramolecular Hbond substituents is 1. The quantitative estimate of drug-likeness (QED) is 0.160. The first kappa shape index (κ1) is 34.9. The lowest BCUT2D eigenvalue weighted by atomic mass is 9.93. The Labute approximate surface area is 304 Å². The van der Waals surface area contributed by atoms with Crippen molar-refractivity contribution in [2.45, 2.75) is 62.7 Å². The van der Waals surface area contributed by atoms with Crippen molar-refractivity contribution in [1.82, 2.24) is 19.8 Å². The van der Waals surface area contributed by atoms with Gasteiger partial charge in [-0.3, -0.25) is 4.79 Å². The Morgan fingerprint density at radius 2 is 1.78 bits per heavy atom. The lowest BCUT2D eigenvalue weighted by Gasteiger charge is -2.42. The van der Waals surface area contributed by atoms with Gasteiger partial charge in [0.25, 0.3) is 5.92 Å². The predicted molar refractivity (Wildman–Crippen MR) is 184 cm³/mol. The summed E-state index contributed by atoms with van der Waals surface area (Å²) in [6.07, 6.45) is 3.14. The van der Waals surface area contributed by atoms with Gasteiger partial charge in [0.1, 0.15) is 22.9 Å². The molecular formula is C39H34F7N5O3. The van der Waals surface area contributed by atoms with E-state index in [1.807, 2.05) is 4.90 Å². The van der Waals surface area contributed by atoms with Crippen LogP contribution in [-0.4, -0.2) is 94.3 Å². The van der Waals surface area contributed by atoms with Gasteiger partial charge in [0, 0.05) is 59.9 Å². The third-order valence-corrected chi connectivity index (χ3v) is 12.2. The molecule has 5 aliphatic rings. The van der Waals surface area contributed by atoms with Crippen LogP contribution in [0.5, 0.6) is 11.8 Å². The number of hydrogen-bond donors (Lipinski definition) is 1. The number of alkyl halides is 5. The second-order valence-electron chi connectivity index (χ2n) is 15.7. The van der Waals surface area contributed by atoms with Gasteiger partial charge in [0.05, 0.1) is 29.7 Å². The van der Waals surface area contributed by atoms with Crippen LogP contribution < -0.4 is 9.64 Å². The zero-order chi connectivity index (χ0) is 37.9. The Balaban J connectivity index is 1.11. The molecule has 3 atom stereocenters. The van der Waals surface area contributed by atoms with Crippen molar-refractivity contribution in [3.8, 4) is 35.2 Å². The normalized spacial score (nSPS) is 25.4. The van der Waals surface area contributed by atoms with Crippen LogP contribution in [0.25, 0.3) is 32.8 Å². The number of phenols is 1. The molecule has 282 valence electrons.